The maximum absolute atomic E-state index is 13.4. The van der Waals surface area contributed by atoms with Gasteiger partial charge in [0.15, 0.2) is 0 Å². The number of nitrogens with one attached hydrogen (secondary N) is 1. The lowest BCUT2D eigenvalue weighted by atomic mass is 9.80. The number of benzene rings is 1. The van der Waals surface area contributed by atoms with Crippen molar-refractivity contribution < 1.29 is 9.59 Å². The molecular weight excluding hydrogens is 338 g/mol. The number of likely N-dealkylation sites (tertiary alicyclic amines) is 2. The molecule has 27 heavy (non-hydrogen) atoms. The highest BCUT2D eigenvalue weighted by atomic mass is 16.2. The van der Waals surface area contributed by atoms with Crippen molar-refractivity contribution in [2.75, 3.05) is 39.3 Å². The van der Waals surface area contributed by atoms with Gasteiger partial charge in [0.05, 0.1) is 5.41 Å². The molecule has 3 saturated heterocycles. The standard InChI is InChI=1S/C22H31N3O2/c1-22(21(27)24-12-8-18-14-23-15-19(18)9-13-24)10-5-11-25(16-22)20(26)17-6-3-2-4-7-17/h2-4,6-7,18-19,23H,5,8-16H2,1H3/t18-,19+,22?. The Bertz CT molecular complexity index is 678. The van der Waals surface area contributed by atoms with Gasteiger partial charge in [-0.15, -0.1) is 0 Å². The summed E-state index contributed by atoms with van der Waals surface area (Å²) in [6.07, 6.45) is 3.97. The zero-order chi connectivity index (χ0) is 18.9. The summed E-state index contributed by atoms with van der Waals surface area (Å²) in [5, 5.41) is 3.49. The molecule has 0 spiro atoms. The maximum atomic E-state index is 13.4. The molecule has 3 aliphatic rings. The van der Waals surface area contributed by atoms with Crippen LogP contribution in [0, 0.1) is 17.3 Å². The van der Waals surface area contributed by atoms with Crippen molar-refractivity contribution in [1.29, 1.82) is 0 Å². The average molecular weight is 370 g/mol. The van der Waals surface area contributed by atoms with Gasteiger partial charge in [0.25, 0.3) is 5.91 Å². The number of piperidine rings is 1. The fraction of sp³-hybridized carbons (Fsp3) is 0.636. The first-order valence-electron chi connectivity index (χ1n) is 10.4. The third-order valence-electron chi connectivity index (χ3n) is 6.83. The molecule has 3 fully saturated rings. The molecule has 0 aromatic heterocycles. The summed E-state index contributed by atoms with van der Waals surface area (Å²) in [5.41, 5.74) is 0.254. The highest BCUT2D eigenvalue weighted by molar-refractivity contribution is 5.95. The van der Waals surface area contributed by atoms with Gasteiger partial charge in [-0.25, -0.2) is 0 Å². The van der Waals surface area contributed by atoms with Crippen LogP contribution >= 0.6 is 0 Å². The van der Waals surface area contributed by atoms with E-state index in [2.05, 4.69) is 17.1 Å². The minimum atomic E-state index is -0.458. The van der Waals surface area contributed by atoms with Gasteiger partial charge in [0.2, 0.25) is 5.91 Å². The number of amides is 2. The fourth-order valence-corrected chi connectivity index (χ4v) is 5.15. The fourth-order valence-electron chi connectivity index (χ4n) is 5.15. The van der Waals surface area contributed by atoms with Crippen LogP contribution in [0.5, 0.6) is 0 Å². The topological polar surface area (TPSA) is 52.7 Å². The minimum absolute atomic E-state index is 0.0470. The van der Waals surface area contributed by atoms with E-state index in [1.54, 1.807) is 0 Å². The van der Waals surface area contributed by atoms with E-state index >= 15 is 0 Å². The molecule has 3 atom stereocenters. The molecule has 0 aliphatic carbocycles. The summed E-state index contributed by atoms with van der Waals surface area (Å²) in [7, 11) is 0. The normalized spacial score (nSPS) is 31.3. The van der Waals surface area contributed by atoms with Gasteiger partial charge in [-0.2, -0.15) is 0 Å². The van der Waals surface area contributed by atoms with Crippen LogP contribution in [0.15, 0.2) is 30.3 Å². The van der Waals surface area contributed by atoms with E-state index in [0.717, 1.165) is 70.2 Å². The summed E-state index contributed by atoms with van der Waals surface area (Å²) in [5.74, 6) is 1.74. The van der Waals surface area contributed by atoms with Crippen LogP contribution < -0.4 is 5.32 Å². The number of carbonyl (C=O) groups excluding carboxylic acids is 2. The first kappa shape index (κ1) is 18.5. The van der Waals surface area contributed by atoms with Gasteiger partial charge in [-0.1, -0.05) is 18.2 Å². The smallest absolute Gasteiger partial charge is 0.253 e. The van der Waals surface area contributed by atoms with E-state index in [1.807, 2.05) is 35.2 Å². The van der Waals surface area contributed by atoms with E-state index in [-0.39, 0.29) is 11.8 Å². The Balaban J connectivity index is 1.44. The molecule has 2 amide bonds. The Morgan fingerprint density at radius 2 is 1.67 bits per heavy atom. The third-order valence-corrected chi connectivity index (χ3v) is 6.83. The first-order chi connectivity index (χ1) is 13.1. The number of hydrogen-bond acceptors (Lipinski definition) is 3. The Kier molecular flexibility index (Phi) is 5.22. The molecule has 1 aromatic rings. The molecule has 3 aliphatic heterocycles. The molecule has 5 heteroatoms. The molecule has 0 saturated carbocycles. The van der Waals surface area contributed by atoms with E-state index in [4.69, 9.17) is 0 Å². The predicted molar refractivity (Wildman–Crippen MR) is 105 cm³/mol. The molecule has 0 bridgehead atoms. The summed E-state index contributed by atoms with van der Waals surface area (Å²) in [6, 6.07) is 9.43. The van der Waals surface area contributed by atoms with Crippen LogP contribution in [0.3, 0.4) is 0 Å². The van der Waals surface area contributed by atoms with Crippen molar-refractivity contribution in [3.05, 3.63) is 35.9 Å². The van der Waals surface area contributed by atoms with Crippen molar-refractivity contribution in [1.82, 2.24) is 15.1 Å². The SMILES string of the molecule is CC1(C(=O)N2CC[C@@H]3CNC[C@@H]3CC2)CCCN(C(=O)c2ccccc2)C1. The van der Waals surface area contributed by atoms with Crippen LogP contribution in [-0.2, 0) is 4.79 Å². The van der Waals surface area contributed by atoms with Crippen LogP contribution in [0.4, 0.5) is 0 Å². The summed E-state index contributed by atoms with van der Waals surface area (Å²) in [4.78, 5) is 30.3. The highest BCUT2D eigenvalue weighted by Crippen LogP contribution is 2.35. The summed E-state index contributed by atoms with van der Waals surface area (Å²) in [6.45, 7) is 7.27. The largest absolute Gasteiger partial charge is 0.342 e. The zero-order valence-corrected chi connectivity index (χ0v) is 16.3. The predicted octanol–water partition coefficient (Wildman–Crippen LogP) is 2.39. The molecule has 4 rings (SSSR count). The number of hydrogen-bond donors (Lipinski definition) is 1. The Hall–Kier alpha value is -1.88. The Morgan fingerprint density at radius 1 is 1.00 bits per heavy atom. The molecule has 1 N–H and O–H groups in total. The van der Waals surface area contributed by atoms with E-state index in [9.17, 15) is 9.59 Å². The second kappa shape index (κ2) is 7.63. The minimum Gasteiger partial charge on any atom is -0.342 e. The van der Waals surface area contributed by atoms with Crippen LogP contribution in [0.25, 0.3) is 0 Å². The summed E-state index contributed by atoms with van der Waals surface area (Å²) < 4.78 is 0. The first-order valence-corrected chi connectivity index (χ1v) is 10.4. The van der Waals surface area contributed by atoms with Crippen LogP contribution in [-0.4, -0.2) is 60.9 Å². The van der Waals surface area contributed by atoms with Crippen molar-refractivity contribution in [2.45, 2.75) is 32.6 Å². The Morgan fingerprint density at radius 3 is 2.33 bits per heavy atom. The van der Waals surface area contributed by atoms with Gasteiger partial charge < -0.3 is 15.1 Å². The lowest BCUT2D eigenvalue weighted by molar-refractivity contribution is -0.143. The number of fused-ring (bicyclic) bond motifs is 1. The third kappa shape index (κ3) is 3.75. The van der Waals surface area contributed by atoms with Gasteiger partial charge >= 0.3 is 0 Å². The van der Waals surface area contributed by atoms with E-state index < -0.39 is 5.41 Å². The molecular formula is C22H31N3O2. The number of rotatable bonds is 2. The second-order valence-corrected chi connectivity index (χ2v) is 8.80. The van der Waals surface area contributed by atoms with Gasteiger partial charge in [0.1, 0.15) is 0 Å². The van der Waals surface area contributed by atoms with Crippen LogP contribution in [0.2, 0.25) is 0 Å². The van der Waals surface area contributed by atoms with Crippen molar-refractivity contribution in [3.63, 3.8) is 0 Å². The quantitative estimate of drug-likeness (QED) is 0.871. The molecule has 1 aromatic carbocycles. The van der Waals surface area contributed by atoms with E-state index in [0.29, 0.717) is 12.1 Å². The lowest BCUT2D eigenvalue weighted by Crippen LogP contribution is -2.53. The molecule has 1 unspecified atom stereocenters. The van der Waals surface area contributed by atoms with Crippen molar-refractivity contribution in [3.8, 4) is 0 Å². The van der Waals surface area contributed by atoms with Crippen molar-refractivity contribution in [2.24, 2.45) is 17.3 Å². The monoisotopic (exact) mass is 369 g/mol. The second-order valence-electron chi connectivity index (χ2n) is 8.80. The zero-order valence-electron chi connectivity index (χ0n) is 16.3. The Labute approximate surface area is 162 Å². The average Bonchev–Trinajstić information content (AvgIpc) is 3.06. The van der Waals surface area contributed by atoms with Gasteiger partial charge in [-0.05, 0) is 69.7 Å². The molecule has 0 radical (unpaired) electrons. The highest BCUT2D eigenvalue weighted by Gasteiger charge is 2.43. The number of nitrogens with zero attached hydrogens (tertiary/aromatic N) is 2. The number of carbonyl (C=O) groups is 2. The van der Waals surface area contributed by atoms with Crippen LogP contribution in [0.1, 0.15) is 43.0 Å². The molecule has 3 heterocycles. The molecule has 146 valence electrons. The summed E-state index contributed by atoms with van der Waals surface area (Å²) >= 11 is 0. The van der Waals surface area contributed by atoms with Crippen molar-refractivity contribution >= 4 is 11.8 Å². The lowest BCUT2D eigenvalue weighted by Gasteiger charge is -2.42. The van der Waals surface area contributed by atoms with E-state index in [1.165, 1.54) is 0 Å². The molecule has 5 nitrogen and oxygen atoms in total. The van der Waals surface area contributed by atoms with Gasteiger partial charge in [0, 0.05) is 31.7 Å². The maximum Gasteiger partial charge on any atom is 0.253 e. The van der Waals surface area contributed by atoms with Gasteiger partial charge in [-0.3, -0.25) is 9.59 Å².